The number of nitrogens with one attached hydrogen (secondary N) is 1. The highest BCUT2D eigenvalue weighted by Crippen LogP contribution is 2.31. The highest BCUT2D eigenvalue weighted by Gasteiger charge is 2.30. The van der Waals surface area contributed by atoms with Gasteiger partial charge in [-0.2, -0.15) is 11.8 Å². The van der Waals surface area contributed by atoms with Crippen LogP contribution < -0.4 is 5.32 Å². The number of thiazole rings is 1. The van der Waals surface area contributed by atoms with Gasteiger partial charge >= 0.3 is 0 Å². The van der Waals surface area contributed by atoms with Crippen molar-refractivity contribution in [2.75, 3.05) is 18.1 Å². The van der Waals surface area contributed by atoms with Crippen LogP contribution in [0.15, 0.2) is 0 Å². The Morgan fingerprint density at radius 2 is 2.05 bits per heavy atom. The van der Waals surface area contributed by atoms with E-state index >= 15 is 0 Å². The zero-order chi connectivity index (χ0) is 14.0. The van der Waals surface area contributed by atoms with Crippen molar-refractivity contribution in [3.63, 3.8) is 0 Å². The summed E-state index contributed by atoms with van der Waals surface area (Å²) in [4.78, 5) is 6.30. The second kappa shape index (κ2) is 6.34. The summed E-state index contributed by atoms with van der Waals surface area (Å²) >= 11 is 3.82. The van der Waals surface area contributed by atoms with Gasteiger partial charge in [0.2, 0.25) is 0 Å². The third kappa shape index (κ3) is 3.38. The fraction of sp³-hybridized carbons (Fsp3) is 0.800. The molecule has 1 atom stereocenters. The van der Waals surface area contributed by atoms with Crippen molar-refractivity contribution >= 4 is 23.1 Å². The van der Waals surface area contributed by atoms with E-state index in [2.05, 4.69) is 12.2 Å². The normalized spacial score (nSPS) is 23.3. The third-order valence-electron chi connectivity index (χ3n) is 4.39. The van der Waals surface area contributed by atoms with E-state index < -0.39 is 5.60 Å². The molecule has 0 aromatic carbocycles. The van der Waals surface area contributed by atoms with Gasteiger partial charge in [0, 0.05) is 11.4 Å². The Balaban J connectivity index is 1.58. The number of aromatic nitrogens is 1. The van der Waals surface area contributed by atoms with Crippen LogP contribution in [0.3, 0.4) is 0 Å². The molecular formula is C15H24N2OS2. The van der Waals surface area contributed by atoms with Crippen LogP contribution in [-0.2, 0) is 12.8 Å². The summed E-state index contributed by atoms with van der Waals surface area (Å²) in [6.45, 7) is 2.87. The molecule has 1 aromatic rings. The van der Waals surface area contributed by atoms with Gasteiger partial charge in [-0.1, -0.05) is 0 Å². The maximum absolute atomic E-state index is 10.5. The number of hydrogen-bond acceptors (Lipinski definition) is 5. The largest absolute Gasteiger partial charge is 0.389 e. The summed E-state index contributed by atoms with van der Waals surface area (Å²) in [6, 6.07) is 0.254. The minimum absolute atomic E-state index is 0.254. The Morgan fingerprint density at radius 3 is 2.80 bits per heavy atom. The fourth-order valence-electron chi connectivity index (χ4n) is 2.92. The van der Waals surface area contributed by atoms with E-state index in [1.54, 1.807) is 0 Å². The van der Waals surface area contributed by atoms with E-state index in [0.29, 0.717) is 6.54 Å². The van der Waals surface area contributed by atoms with Gasteiger partial charge in [0.1, 0.15) is 5.01 Å². The van der Waals surface area contributed by atoms with Crippen LogP contribution in [0.4, 0.5) is 0 Å². The quantitative estimate of drug-likeness (QED) is 0.897. The number of fused-ring (bicyclic) bond motifs is 1. The molecule has 1 aromatic heterocycles. The Hall–Kier alpha value is -0.100. The molecule has 3 nitrogen and oxygen atoms in total. The van der Waals surface area contributed by atoms with Gasteiger partial charge in [0.15, 0.2) is 0 Å². The second-order valence-electron chi connectivity index (χ2n) is 6.07. The molecule has 1 fully saturated rings. The molecule has 2 heterocycles. The highest BCUT2D eigenvalue weighted by atomic mass is 32.2. The topological polar surface area (TPSA) is 45.1 Å². The lowest BCUT2D eigenvalue weighted by Gasteiger charge is -2.32. The number of thioether (sulfide) groups is 1. The van der Waals surface area contributed by atoms with Gasteiger partial charge in [-0.15, -0.1) is 11.3 Å². The van der Waals surface area contributed by atoms with Crippen LogP contribution in [0, 0.1) is 0 Å². The second-order valence-corrected chi connectivity index (χ2v) is 8.41. The SMILES string of the molecule is CC(NCC1(O)CCSCC1)c1nc2c(s1)CCCC2. The first kappa shape index (κ1) is 14.8. The van der Waals surface area contributed by atoms with Crippen molar-refractivity contribution in [1.82, 2.24) is 10.3 Å². The van der Waals surface area contributed by atoms with Gasteiger partial charge in [-0.05, 0) is 57.0 Å². The van der Waals surface area contributed by atoms with Crippen molar-refractivity contribution in [2.24, 2.45) is 0 Å². The Labute approximate surface area is 129 Å². The molecule has 0 radical (unpaired) electrons. The number of rotatable bonds is 4. The predicted octanol–water partition coefficient (Wildman–Crippen LogP) is 2.93. The van der Waals surface area contributed by atoms with Crippen molar-refractivity contribution in [3.8, 4) is 0 Å². The molecule has 0 amide bonds. The molecule has 20 heavy (non-hydrogen) atoms. The molecule has 1 saturated heterocycles. The molecule has 0 spiro atoms. The number of aryl methyl sites for hydroxylation is 2. The van der Waals surface area contributed by atoms with Crippen LogP contribution >= 0.6 is 23.1 Å². The number of aliphatic hydroxyl groups is 1. The first-order valence-electron chi connectivity index (χ1n) is 7.68. The minimum atomic E-state index is -0.504. The first-order valence-corrected chi connectivity index (χ1v) is 9.65. The van der Waals surface area contributed by atoms with Crippen LogP contribution in [0.25, 0.3) is 0 Å². The summed E-state index contributed by atoms with van der Waals surface area (Å²) in [6.07, 6.45) is 6.78. The average Bonchev–Trinajstić information content (AvgIpc) is 2.89. The van der Waals surface area contributed by atoms with Crippen LogP contribution in [0.2, 0.25) is 0 Å². The molecule has 1 aliphatic heterocycles. The Bertz CT molecular complexity index is 431. The van der Waals surface area contributed by atoms with E-state index in [1.807, 2.05) is 23.1 Å². The maximum Gasteiger partial charge on any atom is 0.110 e. The molecule has 0 bridgehead atoms. The van der Waals surface area contributed by atoms with Crippen LogP contribution in [0.1, 0.15) is 54.2 Å². The highest BCUT2D eigenvalue weighted by molar-refractivity contribution is 7.99. The summed E-state index contributed by atoms with van der Waals surface area (Å²) < 4.78 is 0. The molecule has 5 heteroatoms. The summed E-state index contributed by atoms with van der Waals surface area (Å²) in [5, 5.41) is 15.2. The fourth-order valence-corrected chi connectivity index (χ4v) is 5.35. The van der Waals surface area contributed by atoms with Gasteiger partial charge in [0.05, 0.1) is 17.3 Å². The van der Waals surface area contributed by atoms with Crippen LogP contribution in [-0.4, -0.2) is 33.7 Å². The molecule has 1 unspecified atom stereocenters. The standard InChI is InChI=1S/C15H24N2OS2/c1-11(16-10-15(18)6-8-19-9-7-15)14-17-12-4-2-3-5-13(12)20-14/h11,16,18H,2-10H2,1H3. The lowest BCUT2D eigenvalue weighted by atomic mass is 9.96. The van der Waals surface area contributed by atoms with Gasteiger partial charge in [-0.25, -0.2) is 4.98 Å². The van der Waals surface area contributed by atoms with Gasteiger partial charge < -0.3 is 10.4 Å². The van der Waals surface area contributed by atoms with Crippen molar-refractivity contribution in [1.29, 1.82) is 0 Å². The average molecular weight is 313 g/mol. The third-order valence-corrected chi connectivity index (χ3v) is 6.72. The van der Waals surface area contributed by atoms with E-state index in [9.17, 15) is 5.11 Å². The van der Waals surface area contributed by atoms with Crippen molar-refractivity contribution < 1.29 is 5.11 Å². The van der Waals surface area contributed by atoms with E-state index in [1.165, 1.54) is 34.8 Å². The Kier molecular flexibility index (Phi) is 4.70. The maximum atomic E-state index is 10.5. The molecular weight excluding hydrogens is 288 g/mol. The molecule has 0 saturated carbocycles. The van der Waals surface area contributed by atoms with E-state index in [4.69, 9.17) is 4.98 Å². The van der Waals surface area contributed by atoms with E-state index in [0.717, 1.165) is 30.8 Å². The zero-order valence-electron chi connectivity index (χ0n) is 12.2. The van der Waals surface area contributed by atoms with Crippen LogP contribution in [0.5, 0.6) is 0 Å². The molecule has 2 aliphatic rings. The van der Waals surface area contributed by atoms with E-state index in [-0.39, 0.29) is 6.04 Å². The minimum Gasteiger partial charge on any atom is -0.389 e. The van der Waals surface area contributed by atoms with Crippen molar-refractivity contribution in [2.45, 2.75) is 57.1 Å². The summed E-state index contributed by atoms with van der Waals surface area (Å²) in [5.74, 6) is 2.16. The summed E-state index contributed by atoms with van der Waals surface area (Å²) in [7, 11) is 0. The van der Waals surface area contributed by atoms with Gasteiger partial charge in [-0.3, -0.25) is 0 Å². The summed E-state index contributed by atoms with van der Waals surface area (Å²) in [5.41, 5.74) is 0.828. The Morgan fingerprint density at radius 1 is 1.30 bits per heavy atom. The predicted molar refractivity (Wildman–Crippen MR) is 86.7 cm³/mol. The number of hydrogen-bond donors (Lipinski definition) is 2. The number of nitrogens with zero attached hydrogens (tertiary/aromatic N) is 1. The molecule has 2 N–H and O–H groups in total. The lowest BCUT2D eigenvalue weighted by molar-refractivity contribution is 0.0300. The molecule has 1 aliphatic carbocycles. The lowest BCUT2D eigenvalue weighted by Crippen LogP contribution is -2.44. The first-order chi connectivity index (χ1) is 9.66. The monoisotopic (exact) mass is 312 g/mol. The smallest absolute Gasteiger partial charge is 0.110 e. The molecule has 3 rings (SSSR count). The van der Waals surface area contributed by atoms with Gasteiger partial charge in [0.25, 0.3) is 0 Å². The molecule has 112 valence electrons. The van der Waals surface area contributed by atoms with Crippen molar-refractivity contribution in [3.05, 3.63) is 15.6 Å². The zero-order valence-corrected chi connectivity index (χ0v) is 13.8.